The predicted octanol–water partition coefficient (Wildman–Crippen LogP) is 2.64. The number of terminal acetylenes is 1. The van der Waals surface area contributed by atoms with E-state index in [0.717, 1.165) is 17.7 Å². The minimum Gasteiger partial charge on any atom is -0.493 e. The van der Waals surface area contributed by atoms with Gasteiger partial charge in [-0.2, -0.15) is 5.10 Å². The van der Waals surface area contributed by atoms with Gasteiger partial charge < -0.3 is 14.6 Å². The molecule has 0 saturated carbocycles. The Hall–Kier alpha value is -3.48. The minimum absolute atomic E-state index is 0.00704. The van der Waals surface area contributed by atoms with Crippen molar-refractivity contribution < 1.29 is 23.4 Å². The lowest BCUT2D eigenvalue weighted by molar-refractivity contribution is -0.0184. The Morgan fingerprint density at radius 1 is 1.15 bits per heavy atom. The third-order valence-electron chi connectivity index (χ3n) is 5.29. The van der Waals surface area contributed by atoms with Crippen LogP contribution in [0.15, 0.2) is 49.1 Å². The average molecular weight is 456 g/mol. The molecule has 0 radical (unpaired) electrons. The van der Waals surface area contributed by atoms with Crippen molar-refractivity contribution in [3.63, 3.8) is 0 Å². The van der Waals surface area contributed by atoms with E-state index in [-0.39, 0.29) is 25.2 Å². The van der Waals surface area contributed by atoms with Crippen molar-refractivity contribution in [3.8, 4) is 23.8 Å². The highest BCUT2D eigenvalue weighted by Crippen LogP contribution is 2.29. The molecule has 0 saturated heterocycles. The summed E-state index contributed by atoms with van der Waals surface area (Å²) in [7, 11) is 3.13. The van der Waals surface area contributed by atoms with Crippen LogP contribution >= 0.6 is 0 Å². The molecule has 3 rings (SSSR count). The van der Waals surface area contributed by atoms with Gasteiger partial charge in [-0.25, -0.2) is 18.4 Å². The van der Waals surface area contributed by atoms with Crippen LogP contribution in [0.3, 0.4) is 0 Å². The van der Waals surface area contributed by atoms with Gasteiger partial charge >= 0.3 is 0 Å². The fraction of sp³-hybridized carbons (Fsp3) is 0.333. The predicted molar refractivity (Wildman–Crippen MR) is 119 cm³/mol. The summed E-state index contributed by atoms with van der Waals surface area (Å²) >= 11 is 0. The number of aromatic nitrogens is 3. The molecule has 1 heterocycles. The van der Waals surface area contributed by atoms with E-state index in [1.807, 2.05) is 23.1 Å². The molecule has 2 aromatic carbocycles. The van der Waals surface area contributed by atoms with Crippen LogP contribution in [0.1, 0.15) is 11.1 Å². The second-order valence-corrected chi connectivity index (χ2v) is 7.60. The summed E-state index contributed by atoms with van der Waals surface area (Å²) in [5.41, 5.74) is -0.810. The van der Waals surface area contributed by atoms with Gasteiger partial charge in [-0.15, -0.1) is 6.42 Å². The summed E-state index contributed by atoms with van der Waals surface area (Å²) in [6.07, 6.45) is 8.89. The molecule has 33 heavy (non-hydrogen) atoms. The van der Waals surface area contributed by atoms with Crippen LogP contribution in [0, 0.1) is 24.0 Å². The van der Waals surface area contributed by atoms with E-state index < -0.39 is 17.2 Å². The van der Waals surface area contributed by atoms with Crippen molar-refractivity contribution in [3.05, 3.63) is 71.8 Å². The molecule has 7 nitrogen and oxygen atoms in total. The van der Waals surface area contributed by atoms with Crippen LogP contribution < -0.4 is 9.47 Å². The van der Waals surface area contributed by atoms with Crippen molar-refractivity contribution in [2.75, 3.05) is 33.9 Å². The van der Waals surface area contributed by atoms with Gasteiger partial charge in [0.15, 0.2) is 11.5 Å². The summed E-state index contributed by atoms with van der Waals surface area (Å²) < 4.78 is 40.2. The van der Waals surface area contributed by atoms with Gasteiger partial charge in [0.25, 0.3) is 0 Å². The normalized spacial score (nSPS) is 12.9. The molecule has 1 unspecified atom stereocenters. The highest BCUT2D eigenvalue weighted by Gasteiger charge is 2.35. The summed E-state index contributed by atoms with van der Waals surface area (Å²) in [4.78, 5) is 5.71. The number of hydrogen-bond donors (Lipinski definition) is 1. The molecule has 1 atom stereocenters. The van der Waals surface area contributed by atoms with Crippen LogP contribution in [0.25, 0.3) is 0 Å². The zero-order chi connectivity index (χ0) is 23.8. The molecule has 0 fully saturated rings. The fourth-order valence-electron chi connectivity index (χ4n) is 3.71. The number of nitrogens with zero attached hydrogens (tertiary/aromatic N) is 4. The van der Waals surface area contributed by atoms with E-state index in [1.165, 1.54) is 23.4 Å². The van der Waals surface area contributed by atoms with Gasteiger partial charge in [0.2, 0.25) is 0 Å². The molecule has 0 bridgehead atoms. The number of rotatable bonds is 11. The van der Waals surface area contributed by atoms with E-state index in [1.54, 1.807) is 14.2 Å². The number of halogens is 2. The molecule has 0 aliphatic carbocycles. The van der Waals surface area contributed by atoms with Crippen molar-refractivity contribution in [1.82, 2.24) is 19.7 Å². The lowest BCUT2D eigenvalue weighted by Gasteiger charge is -2.34. The van der Waals surface area contributed by atoms with Crippen molar-refractivity contribution in [2.24, 2.45) is 0 Å². The maximum atomic E-state index is 14.7. The smallest absolute Gasteiger partial charge is 0.160 e. The number of methoxy groups -OCH3 is 2. The van der Waals surface area contributed by atoms with Gasteiger partial charge in [0.1, 0.15) is 29.9 Å². The Morgan fingerprint density at radius 3 is 2.58 bits per heavy atom. The topological polar surface area (TPSA) is 72.6 Å². The Kier molecular flexibility index (Phi) is 7.98. The lowest BCUT2D eigenvalue weighted by Crippen LogP contribution is -2.45. The Labute approximate surface area is 191 Å². The standard InChI is InChI=1S/C24H26F2N4O3/c1-4-10-29(11-9-18-5-8-22(32-2)23(12-18)33-3)14-24(31,15-30-17-27-16-28-30)20-7-6-19(25)13-21(20)26/h1,5-8,12-13,16-17,31H,9-11,14-15H2,2-3H3. The van der Waals surface area contributed by atoms with Crippen molar-refractivity contribution in [1.29, 1.82) is 0 Å². The van der Waals surface area contributed by atoms with Gasteiger partial charge in [0, 0.05) is 24.7 Å². The van der Waals surface area contributed by atoms with E-state index in [2.05, 4.69) is 16.0 Å². The first-order valence-corrected chi connectivity index (χ1v) is 10.3. The second-order valence-electron chi connectivity index (χ2n) is 7.60. The van der Waals surface area contributed by atoms with Crippen molar-refractivity contribution >= 4 is 0 Å². The van der Waals surface area contributed by atoms with Crippen LogP contribution in [-0.2, 0) is 18.6 Å². The number of hydrogen-bond acceptors (Lipinski definition) is 6. The molecule has 0 aliphatic rings. The second kappa shape index (κ2) is 10.9. The molecule has 9 heteroatoms. The first-order chi connectivity index (χ1) is 15.9. The lowest BCUT2D eigenvalue weighted by atomic mass is 9.92. The van der Waals surface area contributed by atoms with Crippen LogP contribution in [0.5, 0.6) is 11.5 Å². The van der Waals surface area contributed by atoms with E-state index in [4.69, 9.17) is 15.9 Å². The summed E-state index contributed by atoms with van der Waals surface area (Å²) in [5, 5.41) is 15.6. The van der Waals surface area contributed by atoms with Crippen LogP contribution in [0.4, 0.5) is 8.78 Å². The first kappa shape index (κ1) is 24.2. The molecule has 3 aromatic rings. The molecule has 174 valence electrons. The van der Waals surface area contributed by atoms with Gasteiger partial charge in [-0.05, 0) is 30.2 Å². The molecular weight excluding hydrogens is 430 g/mol. The van der Waals surface area contributed by atoms with Gasteiger partial charge in [-0.3, -0.25) is 4.90 Å². The molecule has 1 aromatic heterocycles. The van der Waals surface area contributed by atoms with Gasteiger partial charge in [0.05, 0.1) is 27.3 Å². The first-order valence-electron chi connectivity index (χ1n) is 10.3. The largest absolute Gasteiger partial charge is 0.493 e. The van der Waals surface area contributed by atoms with Crippen LogP contribution in [0.2, 0.25) is 0 Å². The molecule has 0 amide bonds. The Morgan fingerprint density at radius 2 is 1.94 bits per heavy atom. The minimum atomic E-state index is -1.74. The third-order valence-corrected chi connectivity index (χ3v) is 5.29. The highest BCUT2D eigenvalue weighted by atomic mass is 19.1. The zero-order valence-corrected chi connectivity index (χ0v) is 18.5. The Balaban J connectivity index is 1.84. The van der Waals surface area contributed by atoms with Crippen LogP contribution in [-0.4, -0.2) is 58.6 Å². The maximum Gasteiger partial charge on any atom is 0.160 e. The van der Waals surface area contributed by atoms with E-state index >= 15 is 0 Å². The van der Waals surface area contributed by atoms with Gasteiger partial charge in [-0.1, -0.05) is 18.1 Å². The molecule has 0 aliphatic heterocycles. The van der Waals surface area contributed by atoms with E-state index in [9.17, 15) is 13.9 Å². The maximum absolute atomic E-state index is 14.7. The monoisotopic (exact) mass is 456 g/mol. The highest BCUT2D eigenvalue weighted by molar-refractivity contribution is 5.43. The molecule has 0 spiro atoms. The number of aliphatic hydroxyl groups is 1. The molecular formula is C24H26F2N4O3. The summed E-state index contributed by atoms with van der Waals surface area (Å²) in [6, 6.07) is 8.69. The zero-order valence-electron chi connectivity index (χ0n) is 18.5. The summed E-state index contributed by atoms with van der Waals surface area (Å²) in [6.45, 7) is 0.595. The SMILES string of the molecule is C#CCN(CCc1ccc(OC)c(OC)c1)CC(O)(Cn1cncn1)c1ccc(F)cc1F. The molecule has 1 N–H and O–H groups in total. The quantitative estimate of drug-likeness (QED) is 0.448. The number of ether oxygens (including phenoxy) is 2. The fourth-order valence-corrected chi connectivity index (χ4v) is 3.71. The third kappa shape index (κ3) is 6.06. The summed E-state index contributed by atoms with van der Waals surface area (Å²) in [5.74, 6) is 2.23. The Bertz CT molecular complexity index is 1100. The average Bonchev–Trinajstić information content (AvgIpc) is 3.29. The number of benzene rings is 2. The van der Waals surface area contributed by atoms with E-state index in [0.29, 0.717) is 24.5 Å². The van der Waals surface area contributed by atoms with Crippen molar-refractivity contribution in [2.45, 2.75) is 18.6 Å².